The number of hydrogen-bond acceptors (Lipinski definition) is 5. The molecule has 0 radical (unpaired) electrons. The fourth-order valence-electron chi connectivity index (χ4n) is 5.83. The number of carbonyl (C=O) groups excluding carboxylic acids is 2. The van der Waals surface area contributed by atoms with E-state index in [9.17, 15) is 19.5 Å². The number of aliphatic carboxylic acids is 1. The van der Waals surface area contributed by atoms with Crippen molar-refractivity contribution in [2.45, 2.75) is 37.3 Å². The average Bonchev–Trinajstić information content (AvgIpc) is 3.34. The molecular formula is C26H28N2O6. The van der Waals surface area contributed by atoms with E-state index in [1.807, 2.05) is 24.3 Å². The molecule has 0 saturated heterocycles. The van der Waals surface area contributed by atoms with E-state index < -0.39 is 18.2 Å². The Morgan fingerprint density at radius 2 is 1.62 bits per heavy atom. The number of nitrogens with one attached hydrogen (secondary N) is 2. The van der Waals surface area contributed by atoms with E-state index in [2.05, 4.69) is 34.9 Å². The number of hydrogen-bond donors (Lipinski definition) is 4. The summed E-state index contributed by atoms with van der Waals surface area (Å²) in [4.78, 5) is 35.6. The van der Waals surface area contributed by atoms with Crippen LogP contribution in [0.25, 0.3) is 11.1 Å². The zero-order chi connectivity index (χ0) is 23.8. The van der Waals surface area contributed by atoms with E-state index in [0.29, 0.717) is 18.8 Å². The topological polar surface area (TPSA) is 125 Å². The summed E-state index contributed by atoms with van der Waals surface area (Å²) >= 11 is 0. The van der Waals surface area contributed by atoms with Gasteiger partial charge in [0, 0.05) is 17.9 Å². The zero-order valence-corrected chi connectivity index (χ0v) is 18.6. The van der Waals surface area contributed by atoms with Gasteiger partial charge in [0.2, 0.25) is 5.91 Å². The summed E-state index contributed by atoms with van der Waals surface area (Å²) in [6, 6.07) is 16.4. The van der Waals surface area contributed by atoms with Crippen LogP contribution in [0.5, 0.6) is 0 Å². The highest BCUT2D eigenvalue weighted by Gasteiger charge is 2.50. The molecule has 3 aliphatic rings. The van der Waals surface area contributed by atoms with Gasteiger partial charge in [-0.1, -0.05) is 48.5 Å². The van der Waals surface area contributed by atoms with Gasteiger partial charge in [-0.15, -0.1) is 0 Å². The molecule has 2 unspecified atom stereocenters. The normalized spacial score (nSPS) is 25.3. The van der Waals surface area contributed by atoms with E-state index in [-0.39, 0.29) is 42.9 Å². The smallest absolute Gasteiger partial charge is 0.407 e. The van der Waals surface area contributed by atoms with Crippen molar-refractivity contribution in [2.24, 2.45) is 17.8 Å². The van der Waals surface area contributed by atoms with Gasteiger partial charge in [-0.05, 0) is 53.4 Å². The first-order valence-corrected chi connectivity index (χ1v) is 11.7. The van der Waals surface area contributed by atoms with Gasteiger partial charge >= 0.3 is 12.1 Å². The number of fused-ring (bicyclic) bond motifs is 4. The third kappa shape index (κ3) is 4.14. The Kier molecular flexibility index (Phi) is 6.00. The first kappa shape index (κ1) is 22.4. The van der Waals surface area contributed by atoms with Crippen molar-refractivity contribution in [1.82, 2.24) is 10.6 Å². The van der Waals surface area contributed by atoms with Gasteiger partial charge in [0.25, 0.3) is 0 Å². The zero-order valence-electron chi connectivity index (χ0n) is 18.6. The lowest BCUT2D eigenvalue weighted by molar-refractivity contribution is -0.146. The lowest BCUT2D eigenvalue weighted by Gasteiger charge is -2.40. The van der Waals surface area contributed by atoms with Crippen molar-refractivity contribution >= 4 is 18.0 Å². The summed E-state index contributed by atoms with van der Waals surface area (Å²) in [6.07, 6.45) is 0.0975. The molecule has 2 aromatic carbocycles. The Balaban J connectivity index is 1.12. The minimum absolute atomic E-state index is 0.00741. The fraction of sp³-hybridized carbons (Fsp3) is 0.423. The van der Waals surface area contributed by atoms with Crippen molar-refractivity contribution in [3.8, 4) is 11.1 Å². The second kappa shape index (κ2) is 9.10. The van der Waals surface area contributed by atoms with E-state index in [4.69, 9.17) is 9.84 Å². The molecule has 3 aliphatic carbocycles. The molecule has 5 atom stereocenters. The van der Waals surface area contributed by atoms with Crippen LogP contribution in [0, 0.1) is 17.8 Å². The fourth-order valence-corrected chi connectivity index (χ4v) is 5.83. The monoisotopic (exact) mass is 464 g/mol. The predicted molar refractivity (Wildman–Crippen MR) is 123 cm³/mol. The number of benzene rings is 2. The van der Waals surface area contributed by atoms with Crippen molar-refractivity contribution in [1.29, 1.82) is 0 Å². The van der Waals surface area contributed by atoms with Gasteiger partial charge < -0.3 is 25.6 Å². The van der Waals surface area contributed by atoms with Gasteiger partial charge in [-0.3, -0.25) is 4.79 Å². The molecule has 0 spiro atoms. The minimum atomic E-state index is -1.61. The quantitative estimate of drug-likeness (QED) is 0.499. The Labute approximate surface area is 197 Å². The van der Waals surface area contributed by atoms with Crippen molar-refractivity contribution < 1.29 is 29.3 Å². The Hall–Kier alpha value is -3.39. The predicted octanol–water partition coefficient (Wildman–Crippen LogP) is 2.50. The maximum absolute atomic E-state index is 12.6. The minimum Gasteiger partial charge on any atom is -0.479 e. The second-order valence-electron chi connectivity index (χ2n) is 9.50. The van der Waals surface area contributed by atoms with E-state index in [1.54, 1.807) is 0 Å². The molecule has 0 bridgehead atoms. The molecule has 0 aromatic heterocycles. The van der Waals surface area contributed by atoms with E-state index in [0.717, 1.165) is 17.5 Å². The lowest BCUT2D eigenvalue weighted by atomic mass is 9.71. The number of carboxylic acid groups (broad SMARTS) is 1. The third-order valence-electron chi connectivity index (χ3n) is 7.60. The van der Waals surface area contributed by atoms with Crippen LogP contribution in [0.4, 0.5) is 4.79 Å². The SMILES string of the molecule is O=C(N[C@@H]1C[C@@H]2CC(C(=O)NCC(O)C(=O)O)C[C@@H]21)OCC1c2ccccc2-c2ccccc21. The number of carbonyl (C=O) groups is 3. The number of aliphatic hydroxyl groups is 1. The first-order valence-electron chi connectivity index (χ1n) is 11.7. The van der Waals surface area contributed by atoms with Crippen molar-refractivity contribution in [2.75, 3.05) is 13.2 Å². The summed E-state index contributed by atoms with van der Waals surface area (Å²) in [5.41, 5.74) is 4.69. The maximum atomic E-state index is 12.6. The van der Waals surface area contributed by atoms with Crippen LogP contribution in [0.3, 0.4) is 0 Å². The van der Waals surface area contributed by atoms with Gasteiger partial charge in [0.05, 0.1) is 6.54 Å². The molecule has 8 nitrogen and oxygen atoms in total. The highest BCUT2D eigenvalue weighted by molar-refractivity contribution is 5.81. The highest BCUT2D eigenvalue weighted by atomic mass is 16.5. The van der Waals surface area contributed by atoms with Gasteiger partial charge in [0.1, 0.15) is 6.61 Å². The Morgan fingerprint density at radius 1 is 0.971 bits per heavy atom. The Morgan fingerprint density at radius 3 is 2.26 bits per heavy atom. The summed E-state index contributed by atoms with van der Waals surface area (Å²) in [5, 5.41) is 23.6. The van der Waals surface area contributed by atoms with E-state index >= 15 is 0 Å². The molecule has 5 rings (SSSR count). The summed E-state index contributed by atoms with van der Waals surface area (Å²) in [6.45, 7) is -0.0426. The molecule has 2 aromatic rings. The molecule has 178 valence electrons. The summed E-state index contributed by atoms with van der Waals surface area (Å²) < 4.78 is 5.64. The largest absolute Gasteiger partial charge is 0.479 e. The van der Waals surface area contributed by atoms with Crippen LogP contribution in [0.2, 0.25) is 0 Å². The number of carboxylic acids is 1. The van der Waals surface area contributed by atoms with Crippen LogP contribution in [-0.4, -0.2) is 53.5 Å². The molecule has 4 N–H and O–H groups in total. The van der Waals surface area contributed by atoms with Gasteiger partial charge in [0.15, 0.2) is 6.10 Å². The van der Waals surface area contributed by atoms with E-state index in [1.165, 1.54) is 11.1 Å². The van der Waals surface area contributed by atoms with Crippen LogP contribution < -0.4 is 10.6 Å². The first-order chi connectivity index (χ1) is 16.4. The van der Waals surface area contributed by atoms with Gasteiger partial charge in [-0.25, -0.2) is 9.59 Å². The molecule has 2 fully saturated rings. The number of aliphatic hydroxyl groups excluding tert-OH is 1. The molecule has 34 heavy (non-hydrogen) atoms. The second-order valence-corrected chi connectivity index (χ2v) is 9.50. The van der Waals surface area contributed by atoms with Crippen molar-refractivity contribution in [3.63, 3.8) is 0 Å². The number of amides is 2. The maximum Gasteiger partial charge on any atom is 0.407 e. The average molecular weight is 465 g/mol. The van der Waals surface area contributed by atoms with Crippen LogP contribution >= 0.6 is 0 Å². The van der Waals surface area contributed by atoms with Gasteiger partial charge in [-0.2, -0.15) is 0 Å². The van der Waals surface area contributed by atoms with Crippen LogP contribution in [0.1, 0.15) is 36.3 Å². The third-order valence-corrected chi connectivity index (χ3v) is 7.60. The number of ether oxygens (including phenoxy) is 1. The molecular weight excluding hydrogens is 436 g/mol. The van der Waals surface area contributed by atoms with Crippen molar-refractivity contribution in [3.05, 3.63) is 59.7 Å². The summed E-state index contributed by atoms with van der Waals surface area (Å²) in [5.74, 6) is -1.26. The number of rotatable bonds is 7. The molecule has 0 heterocycles. The molecule has 2 amide bonds. The lowest BCUT2D eigenvalue weighted by Crippen LogP contribution is -2.50. The van der Waals surface area contributed by atoms with Crippen LogP contribution in [-0.2, 0) is 14.3 Å². The standard InChI is InChI=1S/C26H28N2O6/c29-23(25(31)32)12-27-24(30)15-9-14-11-22(20(14)10-15)28-26(33)34-13-21-18-7-3-1-5-16(18)17-6-2-4-8-19(17)21/h1-8,14-15,20-23,29H,9-13H2,(H,27,30)(H,28,33)(H,31,32)/t14-,15?,20-,22+,23?/m0/s1. The molecule has 0 aliphatic heterocycles. The molecule has 2 saturated carbocycles. The van der Waals surface area contributed by atoms with Crippen LogP contribution in [0.15, 0.2) is 48.5 Å². The summed E-state index contributed by atoms with van der Waals surface area (Å²) in [7, 11) is 0. The molecule has 8 heteroatoms. The Bertz CT molecular complexity index is 1070. The number of alkyl carbamates (subject to hydrolysis) is 1. The highest BCUT2D eigenvalue weighted by Crippen LogP contribution is 2.50.